The van der Waals surface area contributed by atoms with Gasteiger partial charge in [0.05, 0.1) is 5.56 Å². The molecule has 1 aromatic carbocycles. The topological polar surface area (TPSA) is 88.4 Å². The molecular weight excluding hydrogens is 400 g/mol. The summed E-state index contributed by atoms with van der Waals surface area (Å²) in [7, 11) is 0. The van der Waals surface area contributed by atoms with Crippen molar-refractivity contribution >= 4 is 39.8 Å². The van der Waals surface area contributed by atoms with Crippen LogP contribution in [0.15, 0.2) is 18.2 Å². The van der Waals surface area contributed by atoms with E-state index in [4.69, 9.17) is 21.1 Å². The van der Waals surface area contributed by atoms with Crippen molar-refractivity contribution in [3.05, 3.63) is 44.8 Å². The van der Waals surface area contributed by atoms with Crippen molar-refractivity contribution in [1.82, 2.24) is 0 Å². The molecule has 0 fully saturated rings. The van der Waals surface area contributed by atoms with E-state index >= 15 is 0 Å². The van der Waals surface area contributed by atoms with E-state index in [9.17, 15) is 14.9 Å². The second kappa shape index (κ2) is 9.09. The average Bonchev–Trinajstić information content (AvgIpc) is 3.02. The highest BCUT2D eigenvalue weighted by Crippen LogP contribution is 2.37. The Bertz CT molecular complexity index is 948. The molecule has 0 spiro atoms. The van der Waals surface area contributed by atoms with Crippen LogP contribution in [0.25, 0.3) is 0 Å². The number of nitrogens with one attached hydrogen (secondary N) is 1. The summed E-state index contributed by atoms with van der Waals surface area (Å²) in [5, 5.41) is 13.2. The van der Waals surface area contributed by atoms with Crippen molar-refractivity contribution in [1.29, 1.82) is 5.26 Å². The number of carbonyl (C=O) groups excluding carboxylic acids is 2. The lowest BCUT2D eigenvalue weighted by molar-refractivity contribution is -0.149. The number of nitrogens with zero attached hydrogens (tertiary/aromatic N) is 1. The molecule has 8 heteroatoms. The molecule has 1 aromatic heterocycles. The maximum atomic E-state index is 12.1. The van der Waals surface area contributed by atoms with E-state index in [0.717, 1.165) is 41.7 Å². The minimum atomic E-state index is -0.657. The molecule has 146 valence electrons. The molecule has 0 aliphatic heterocycles. The van der Waals surface area contributed by atoms with E-state index in [1.54, 1.807) is 18.2 Å². The maximum Gasteiger partial charge on any atom is 0.344 e. The Kier molecular flexibility index (Phi) is 6.55. The van der Waals surface area contributed by atoms with Gasteiger partial charge >= 0.3 is 5.97 Å². The van der Waals surface area contributed by atoms with Crippen LogP contribution in [-0.4, -0.2) is 25.1 Å². The molecule has 1 aliphatic rings. The van der Waals surface area contributed by atoms with Gasteiger partial charge in [0.25, 0.3) is 5.91 Å². The van der Waals surface area contributed by atoms with E-state index in [0.29, 0.717) is 21.3 Å². The maximum absolute atomic E-state index is 12.1. The van der Waals surface area contributed by atoms with Crippen LogP contribution in [0.4, 0.5) is 5.00 Å². The van der Waals surface area contributed by atoms with Crippen molar-refractivity contribution in [3.63, 3.8) is 0 Å². The fourth-order valence-corrected chi connectivity index (χ4v) is 4.52. The van der Waals surface area contributed by atoms with Gasteiger partial charge in [0.15, 0.2) is 13.2 Å². The largest absolute Gasteiger partial charge is 0.482 e. The highest BCUT2D eigenvalue weighted by molar-refractivity contribution is 7.16. The molecule has 0 bridgehead atoms. The predicted octanol–water partition coefficient (Wildman–Crippen LogP) is 4.02. The number of amides is 1. The monoisotopic (exact) mass is 418 g/mol. The molecular formula is C20H19ClN2O4S. The zero-order chi connectivity index (χ0) is 20.1. The molecule has 3 rings (SSSR count). The Morgan fingerprint density at radius 3 is 2.82 bits per heavy atom. The number of ether oxygens (including phenoxy) is 2. The number of anilines is 1. The molecule has 0 saturated heterocycles. The lowest BCUT2D eigenvalue weighted by Crippen LogP contribution is -2.23. The Balaban J connectivity index is 1.50. The number of aryl methyl sites for hydroxylation is 2. The molecule has 28 heavy (non-hydrogen) atoms. The van der Waals surface area contributed by atoms with Crippen LogP contribution in [0.3, 0.4) is 0 Å². The fraction of sp³-hybridized carbons (Fsp3) is 0.350. The van der Waals surface area contributed by atoms with E-state index in [1.807, 2.05) is 6.92 Å². The quantitative estimate of drug-likeness (QED) is 0.715. The van der Waals surface area contributed by atoms with Gasteiger partial charge in [-0.25, -0.2) is 4.79 Å². The molecule has 2 aromatic rings. The highest BCUT2D eigenvalue weighted by atomic mass is 35.5. The number of thiophene rings is 1. The van der Waals surface area contributed by atoms with E-state index in [1.165, 1.54) is 11.3 Å². The number of halogens is 1. The molecule has 1 aliphatic carbocycles. The number of rotatable bonds is 6. The minimum absolute atomic E-state index is 0.313. The first-order chi connectivity index (χ1) is 13.5. The van der Waals surface area contributed by atoms with Crippen LogP contribution < -0.4 is 10.1 Å². The third-order valence-corrected chi connectivity index (χ3v) is 5.83. The summed E-state index contributed by atoms with van der Waals surface area (Å²) in [5.74, 6) is -0.616. The van der Waals surface area contributed by atoms with Crippen LogP contribution in [-0.2, 0) is 27.2 Å². The van der Waals surface area contributed by atoms with Gasteiger partial charge in [-0.2, -0.15) is 5.26 Å². The number of benzene rings is 1. The van der Waals surface area contributed by atoms with Gasteiger partial charge in [0.1, 0.15) is 16.8 Å². The van der Waals surface area contributed by atoms with Gasteiger partial charge in [-0.1, -0.05) is 11.6 Å². The summed E-state index contributed by atoms with van der Waals surface area (Å²) in [4.78, 5) is 25.1. The lowest BCUT2D eigenvalue weighted by atomic mass is 9.96. The SMILES string of the molecule is Cc1cc(Cl)ccc1OCC(=O)OCC(=O)Nc1sc2c(c1C#N)CCCC2. The smallest absolute Gasteiger partial charge is 0.344 e. The standard InChI is InChI=1S/C20H19ClN2O4S/c1-12-8-13(21)6-7-16(12)26-11-19(25)27-10-18(24)23-20-15(9-22)14-4-2-3-5-17(14)28-20/h6-8H,2-5,10-11H2,1H3,(H,23,24). The molecule has 1 N–H and O–H groups in total. The summed E-state index contributed by atoms with van der Waals surface area (Å²) in [6.45, 7) is 1.06. The number of fused-ring (bicyclic) bond motifs is 1. The van der Waals surface area contributed by atoms with E-state index in [-0.39, 0.29) is 6.61 Å². The third kappa shape index (κ3) is 4.83. The van der Waals surface area contributed by atoms with Gasteiger partial charge in [-0.05, 0) is 61.9 Å². The van der Waals surface area contributed by atoms with Gasteiger partial charge in [-0.15, -0.1) is 11.3 Å². The zero-order valence-corrected chi connectivity index (χ0v) is 16.9. The first-order valence-corrected chi connectivity index (χ1v) is 10.1. The molecule has 1 heterocycles. The Morgan fingerprint density at radius 1 is 1.29 bits per heavy atom. The van der Waals surface area contributed by atoms with Crippen molar-refractivity contribution < 1.29 is 19.1 Å². The molecule has 0 unspecified atom stereocenters. The first kappa shape index (κ1) is 20.2. The summed E-state index contributed by atoms with van der Waals surface area (Å²) in [6, 6.07) is 7.23. The summed E-state index contributed by atoms with van der Waals surface area (Å²) in [6.07, 6.45) is 3.94. The van der Waals surface area contributed by atoms with Crippen molar-refractivity contribution in [2.24, 2.45) is 0 Å². The summed E-state index contributed by atoms with van der Waals surface area (Å²) < 4.78 is 10.3. The van der Waals surface area contributed by atoms with Crippen molar-refractivity contribution in [3.8, 4) is 11.8 Å². The molecule has 0 atom stereocenters. The van der Waals surface area contributed by atoms with E-state index in [2.05, 4.69) is 11.4 Å². The van der Waals surface area contributed by atoms with Crippen molar-refractivity contribution in [2.45, 2.75) is 32.6 Å². The van der Waals surface area contributed by atoms with Crippen LogP contribution in [0.1, 0.15) is 34.4 Å². The summed E-state index contributed by atoms with van der Waals surface area (Å²) in [5.41, 5.74) is 2.36. The molecule has 6 nitrogen and oxygen atoms in total. The number of esters is 1. The minimum Gasteiger partial charge on any atom is -0.482 e. The molecule has 0 saturated carbocycles. The fourth-order valence-electron chi connectivity index (χ4n) is 3.03. The van der Waals surface area contributed by atoms with Gasteiger partial charge in [-0.3, -0.25) is 4.79 Å². The normalized spacial score (nSPS) is 12.6. The average molecular weight is 419 g/mol. The molecule has 0 radical (unpaired) electrons. The Hall–Kier alpha value is -2.56. The number of hydrogen-bond acceptors (Lipinski definition) is 6. The Morgan fingerprint density at radius 2 is 2.07 bits per heavy atom. The Labute approximate surface area is 172 Å². The predicted molar refractivity (Wildman–Crippen MR) is 107 cm³/mol. The van der Waals surface area contributed by atoms with Crippen LogP contribution in [0.2, 0.25) is 5.02 Å². The van der Waals surface area contributed by atoms with Gasteiger partial charge in [0.2, 0.25) is 0 Å². The van der Waals surface area contributed by atoms with E-state index < -0.39 is 18.5 Å². The summed E-state index contributed by atoms with van der Waals surface area (Å²) >= 11 is 7.30. The number of nitriles is 1. The van der Waals surface area contributed by atoms with Gasteiger partial charge < -0.3 is 14.8 Å². The highest BCUT2D eigenvalue weighted by Gasteiger charge is 2.22. The molecule has 1 amide bonds. The third-order valence-electron chi connectivity index (χ3n) is 4.38. The number of hydrogen-bond donors (Lipinski definition) is 1. The zero-order valence-electron chi connectivity index (χ0n) is 15.3. The van der Waals surface area contributed by atoms with Gasteiger partial charge in [0, 0.05) is 9.90 Å². The van der Waals surface area contributed by atoms with Crippen LogP contribution >= 0.6 is 22.9 Å². The second-order valence-electron chi connectivity index (χ2n) is 6.43. The lowest BCUT2D eigenvalue weighted by Gasteiger charge is -2.10. The second-order valence-corrected chi connectivity index (χ2v) is 7.98. The number of carbonyl (C=O) groups is 2. The van der Waals surface area contributed by atoms with Crippen LogP contribution in [0.5, 0.6) is 5.75 Å². The van der Waals surface area contributed by atoms with Crippen LogP contribution in [0, 0.1) is 18.3 Å². The van der Waals surface area contributed by atoms with Crippen molar-refractivity contribution in [2.75, 3.05) is 18.5 Å². The first-order valence-electron chi connectivity index (χ1n) is 8.87.